The second kappa shape index (κ2) is 7.58. The Morgan fingerprint density at radius 1 is 1.42 bits per heavy atom. The minimum absolute atomic E-state index is 0.400. The number of aromatic nitrogens is 2. The predicted octanol–water partition coefficient (Wildman–Crippen LogP) is 1.58. The largest absolute Gasteiger partial charge is 0.444 e. The number of H-pyrrole nitrogens is 1. The Bertz CT molecular complexity index is 393. The van der Waals surface area contributed by atoms with E-state index in [1.807, 2.05) is 32.9 Å². The molecule has 0 aliphatic rings. The highest BCUT2D eigenvalue weighted by molar-refractivity contribution is 5.67. The summed E-state index contributed by atoms with van der Waals surface area (Å²) in [6.45, 7) is 7.44. The van der Waals surface area contributed by atoms with E-state index in [0.717, 1.165) is 18.8 Å². The summed E-state index contributed by atoms with van der Waals surface area (Å²) in [5.41, 5.74) is 0.583. The summed E-state index contributed by atoms with van der Waals surface area (Å²) in [5, 5.41) is 5.86. The molecule has 0 bridgehead atoms. The van der Waals surface area contributed by atoms with E-state index in [1.165, 1.54) is 0 Å². The van der Waals surface area contributed by atoms with Gasteiger partial charge in [0.05, 0.1) is 6.33 Å². The summed E-state index contributed by atoms with van der Waals surface area (Å²) in [5.74, 6) is 0. The molecule has 106 valence electrons. The zero-order valence-electron chi connectivity index (χ0n) is 11.7. The maximum Gasteiger partial charge on any atom is 0.407 e. The van der Waals surface area contributed by atoms with Crippen molar-refractivity contribution in [3.63, 3.8) is 0 Å². The molecule has 1 amide bonds. The van der Waals surface area contributed by atoms with Crippen molar-refractivity contribution in [2.75, 3.05) is 13.1 Å². The van der Waals surface area contributed by atoms with Gasteiger partial charge in [-0.15, -0.1) is 0 Å². The average Bonchev–Trinajstić information content (AvgIpc) is 2.78. The first-order chi connectivity index (χ1) is 8.97. The second-order valence-corrected chi connectivity index (χ2v) is 5.06. The fourth-order valence-corrected chi connectivity index (χ4v) is 1.29. The molecular weight excluding hydrogens is 244 g/mol. The van der Waals surface area contributed by atoms with Gasteiger partial charge >= 0.3 is 6.09 Å². The van der Waals surface area contributed by atoms with Crippen molar-refractivity contribution in [2.45, 2.75) is 32.9 Å². The first-order valence-electron chi connectivity index (χ1n) is 6.27. The van der Waals surface area contributed by atoms with Crippen LogP contribution >= 0.6 is 0 Å². The van der Waals surface area contributed by atoms with E-state index in [2.05, 4.69) is 20.6 Å². The molecule has 1 aromatic rings. The number of aromatic amines is 1. The van der Waals surface area contributed by atoms with E-state index in [-0.39, 0.29) is 0 Å². The lowest BCUT2D eigenvalue weighted by molar-refractivity contribution is 0.0534. The number of ether oxygens (including phenoxy) is 1. The molecule has 0 radical (unpaired) electrons. The fraction of sp³-hybridized carbons (Fsp3) is 0.538. The normalized spacial score (nSPS) is 11.7. The summed E-state index contributed by atoms with van der Waals surface area (Å²) in [6, 6.07) is 0. The highest BCUT2D eigenvalue weighted by atomic mass is 16.6. The predicted molar refractivity (Wildman–Crippen MR) is 73.7 cm³/mol. The van der Waals surface area contributed by atoms with Gasteiger partial charge in [0.25, 0.3) is 0 Å². The lowest BCUT2D eigenvalue weighted by Gasteiger charge is -2.19. The van der Waals surface area contributed by atoms with Gasteiger partial charge < -0.3 is 20.4 Å². The quantitative estimate of drug-likeness (QED) is 0.539. The Kier molecular flexibility index (Phi) is 6.08. The third kappa shape index (κ3) is 7.99. The van der Waals surface area contributed by atoms with Crippen molar-refractivity contribution in [1.29, 1.82) is 0 Å². The SMILES string of the molecule is CC(C)(C)OC(=O)NC/C=C/CNCc1cnc[nH]1. The minimum atomic E-state index is -0.459. The second-order valence-electron chi connectivity index (χ2n) is 5.06. The monoisotopic (exact) mass is 266 g/mol. The Balaban J connectivity index is 2.03. The summed E-state index contributed by atoms with van der Waals surface area (Å²) >= 11 is 0. The summed E-state index contributed by atoms with van der Waals surface area (Å²) in [7, 11) is 0. The van der Waals surface area contributed by atoms with Gasteiger partial charge in [-0.2, -0.15) is 0 Å². The lowest BCUT2D eigenvalue weighted by atomic mass is 10.2. The number of hydrogen-bond acceptors (Lipinski definition) is 4. The van der Waals surface area contributed by atoms with Gasteiger partial charge in [0.1, 0.15) is 5.60 Å². The Hall–Kier alpha value is -1.82. The number of rotatable bonds is 6. The van der Waals surface area contributed by atoms with Crippen LogP contribution in [0.2, 0.25) is 0 Å². The summed E-state index contributed by atoms with van der Waals surface area (Å²) in [6.07, 6.45) is 6.86. The molecular formula is C13H22N4O2. The van der Waals surface area contributed by atoms with E-state index in [4.69, 9.17) is 4.74 Å². The molecule has 0 fully saturated rings. The van der Waals surface area contributed by atoms with Gasteiger partial charge in [0, 0.05) is 31.5 Å². The smallest absolute Gasteiger partial charge is 0.407 e. The van der Waals surface area contributed by atoms with Crippen LogP contribution in [0.25, 0.3) is 0 Å². The standard InChI is InChI=1S/C13H22N4O2/c1-13(2,3)19-12(18)16-7-5-4-6-14-8-11-9-15-10-17-11/h4-5,9-10,14H,6-8H2,1-3H3,(H,15,17)(H,16,18)/b5-4+. The third-order valence-electron chi connectivity index (χ3n) is 2.06. The van der Waals surface area contributed by atoms with Gasteiger partial charge in [0.15, 0.2) is 0 Å². The maximum atomic E-state index is 11.3. The van der Waals surface area contributed by atoms with Crippen LogP contribution in [0.4, 0.5) is 4.79 Å². The number of nitrogens with one attached hydrogen (secondary N) is 3. The minimum Gasteiger partial charge on any atom is -0.444 e. The van der Waals surface area contributed by atoms with Crippen LogP contribution in [-0.2, 0) is 11.3 Å². The molecule has 0 atom stereocenters. The van der Waals surface area contributed by atoms with E-state index in [0.29, 0.717) is 6.54 Å². The number of imidazole rings is 1. The molecule has 3 N–H and O–H groups in total. The zero-order valence-corrected chi connectivity index (χ0v) is 11.7. The van der Waals surface area contributed by atoms with Gasteiger partial charge in [-0.3, -0.25) is 0 Å². The molecule has 0 aliphatic heterocycles. The van der Waals surface area contributed by atoms with Crippen LogP contribution < -0.4 is 10.6 Å². The molecule has 0 saturated carbocycles. The van der Waals surface area contributed by atoms with E-state index in [1.54, 1.807) is 12.5 Å². The molecule has 1 rings (SSSR count). The molecule has 0 aromatic carbocycles. The number of carbonyl (C=O) groups is 1. The highest BCUT2D eigenvalue weighted by Gasteiger charge is 2.14. The van der Waals surface area contributed by atoms with Crippen molar-refractivity contribution in [3.8, 4) is 0 Å². The van der Waals surface area contributed by atoms with Crippen molar-refractivity contribution >= 4 is 6.09 Å². The average molecular weight is 266 g/mol. The van der Waals surface area contributed by atoms with Gasteiger partial charge in [-0.25, -0.2) is 9.78 Å². The van der Waals surface area contributed by atoms with Gasteiger partial charge in [-0.1, -0.05) is 12.2 Å². The van der Waals surface area contributed by atoms with Gasteiger partial charge in [0.2, 0.25) is 0 Å². The van der Waals surface area contributed by atoms with Crippen molar-refractivity contribution < 1.29 is 9.53 Å². The van der Waals surface area contributed by atoms with Crippen LogP contribution in [0, 0.1) is 0 Å². The van der Waals surface area contributed by atoms with Crippen LogP contribution in [0.5, 0.6) is 0 Å². The van der Waals surface area contributed by atoms with Crippen LogP contribution in [0.3, 0.4) is 0 Å². The highest BCUT2D eigenvalue weighted by Crippen LogP contribution is 2.05. The van der Waals surface area contributed by atoms with Crippen molar-refractivity contribution in [1.82, 2.24) is 20.6 Å². The van der Waals surface area contributed by atoms with E-state index >= 15 is 0 Å². The van der Waals surface area contributed by atoms with Gasteiger partial charge in [-0.05, 0) is 20.8 Å². The number of amides is 1. The van der Waals surface area contributed by atoms with Crippen molar-refractivity contribution in [3.05, 3.63) is 30.4 Å². The van der Waals surface area contributed by atoms with E-state index in [9.17, 15) is 4.79 Å². The van der Waals surface area contributed by atoms with E-state index < -0.39 is 11.7 Å². The number of carbonyl (C=O) groups excluding carboxylic acids is 1. The molecule has 0 spiro atoms. The van der Waals surface area contributed by atoms with Crippen molar-refractivity contribution in [2.24, 2.45) is 0 Å². The maximum absolute atomic E-state index is 11.3. The topological polar surface area (TPSA) is 79.0 Å². The summed E-state index contributed by atoms with van der Waals surface area (Å²) < 4.78 is 5.10. The Morgan fingerprint density at radius 3 is 2.79 bits per heavy atom. The Morgan fingerprint density at radius 2 is 2.16 bits per heavy atom. The molecule has 0 unspecified atom stereocenters. The number of hydrogen-bond donors (Lipinski definition) is 3. The number of nitrogens with zero attached hydrogens (tertiary/aromatic N) is 1. The van der Waals surface area contributed by atoms with Crippen LogP contribution in [-0.4, -0.2) is 34.8 Å². The first-order valence-corrected chi connectivity index (χ1v) is 6.27. The molecule has 6 heteroatoms. The Labute approximate surface area is 113 Å². The lowest BCUT2D eigenvalue weighted by Crippen LogP contribution is -2.32. The third-order valence-corrected chi connectivity index (χ3v) is 2.06. The molecule has 19 heavy (non-hydrogen) atoms. The first kappa shape index (κ1) is 15.2. The fourth-order valence-electron chi connectivity index (χ4n) is 1.29. The molecule has 0 aliphatic carbocycles. The number of alkyl carbamates (subject to hydrolysis) is 1. The molecule has 1 heterocycles. The molecule has 6 nitrogen and oxygen atoms in total. The van der Waals surface area contributed by atoms with Crippen LogP contribution in [0.15, 0.2) is 24.7 Å². The zero-order chi connectivity index (χ0) is 14.1. The molecule has 1 aromatic heterocycles. The molecule has 0 saturated heterocycles. The van der Waals surface area contributed by atoms with Crippen LogP contribution in [0.1, 0.15) is 26.5 Å². The summed E-state index contributed by atoms with van der Waals surface area (Å²) in [4.78, 5) is 18.2.